The summed E-state index contributed by atoms with van der Waals surface area (Å²) in [5.74, 6) is 0.116. The lowest BCUT2D eigenvalue weighted by molar-refractivity contribution is -0.133. The van der Waals surface area contributed by atoms with Crippen LogP contribution in [0.15, 0.2) is 66.9 Å². The lowest BCUT2D eigenvalue weighted by Crippen LogP contribution is -2.12. The van der Waals surface area contributed by atoms with Gasteiger partial charge in [0.05, 0.1) is 17.8 Å². The van der Waals surface area contributed by atoms with Gasteiger partial charge >= 0.3 is 5.97 Å². The topological polar surface area (TPSA) is 70.1 Å². The Balaban J connectivity index is 1.65. The van der Waals surface area contributed by atoms with Gasteiger partial charge in [-0.25, -0.2) is 4.68 Å². The van der Waals surface area contributed by atoms with Gasteiger partial charge in [-0.2, -0.15) is 5.10 Å². The molecule has 0 radical (unpaired) electrons. The predicted molar refractivity (Wildman–Crippen MR) is 83.8 cm³/mol. The number of ether oxygens (including phenoxy) is 1. The van der Waals surface area contributed by atoms with Gasteiger partial charge < -0.3 is 10.5 Å². The van der Waals surface area contributed by atoms with Crippen LogP contribution in [0.5, 0.6) is 5.75 Å². The second-order valence-corrected chi connectivity index (χ2v) is 4.81. The third kappa shape index (κ3) is 3.32. The van der Waals surface area contributed by atoms with E-state index >= 15 is 0 Å². The van der Waals surface area contributed by atoms with Crippen LogP contribution >= 0.6 is 0 Å². The van der Waals surface area contributed by atoms with E-state index in [1.54, 1.807) is 35.0 Å². The Morgan fingerprint density at radius 1 is 1.05 bits per heavy atom. The molecule has 0 fully saturated rings. The summed E-state index contributed by atoms with van der Waals surface area (Å²) < 4.78 is 6.97. The molecule has 3 rings (SSSR count). The van der Waals surface area contributed by atoms with Crippen molar-refractivity contribution in [3.8, 4) is 11.4 Å². The van der Waals surface area contributed by atoms with Gasteiger partial charge in [0, 0.05) is 11.9 Å². The maximum Gasteiger partial charge on any atom is 0.317 e. The summed E-state index contributed by atoms with van der Waals surface area (Å²) in [5, 5.41) is 4.37. The molecular formula is C17H15N3O2. The van der Waals surface area contributed by atoms with Gasteiger partial charge in [0.15, 0.2) is 0 Å². The molecule has 0 atom stereocenters. The largest absolute Gasteiger partial charge is 0.426 e. The lowest BCUT2D eigenvalue weighted by Gasteiger charge is -2.03. The number of carbonyl (C=O) groups excluding carboxylic acids is 1. The van der Waals surface area contributed by atoms with Gasteiger partial charge in [-0.05, 0) is 42.5 Å². The third-order valence-corrected chi connectivity index (χ3v) is 3.10. The van der Waals surface area contributed by atoms with E-state index in [0.29, 0.717) is 17.1 Å². The average Bonchev–Trinajstić information content (AvgIpc) is 2.99. The Morgan fingerprint density at radius 3 is 2.50 bits per heavy atom. The number of nitrogen functional groups attached to an aromatic ring is 1. The quantitative estimate of drug-likeness (QED) is 0.456. The lowest BCUT2D eigenvalue weighted by atomic mass is 10.3. The van der Waals surface area contributed by atoms with E-state index in [9.17, 15) is 4.79 Å². The summed E-state index contributed by atoms with van der Waals surface area (Å²) in [4.78, 5) is 11.9. The molecule has 110 valence electrons. The summed E-state index contributed by atoms with van der Waals surface area (Å²) in [6.45, 7) is 0. The standard InChI is InChI=1S/C17H15N3O2/c18-13-6-8-16(9-7-13)22-17(21)12-14-10-11-20(19-14)15-4-2-1-3-5-15/h1-11H,12,18H2. The maximum atomic E-state index is 11.9. The average molecular weight is 293 g/mol. The molecule has 5 nitrogen and oxygen atoms in total. The van der Waals surface area contributed by atoms with Crippen molar-refractivity contribution in [1.82, 2.24) is 9.78 Å². The van der Waals surface area contributed by atoms with E-state index in [4.69, 9.17) is 10.5 Å². The molecule has 0 aliphatic carbocycles. The number of anilines is 1. The molecule has 0 saturated carbocycles. The number of nitrogens with zero attached hydrogens (tertiary/aromatic N) is 2. The first-order valence-corrected chi connectivity index (χ1v) is 6.87. The van der Waals surface area contributed by atoms with Crippen molar-refractivity contribution < 1.29 is 9.53 Å². The SMILES string of the molecule is Nc1ccc(OC(=O)Cc2ccn(-c3ccccc3)n2)cc1. The van der Waals surface area contributed by atoms with E-state index in [2.05, 4.69) is 5.10 Å². The molecule has 22 heavy (non-hydrogen) atoms. The molecule has 5 heteroatoms. The molecule has 2 N–H and O–H groups in total. The van der Waals surface area contributed by atoms with Crippen molar-refractivity contribution in [1.29, 1.82) is 0 Å². The van der Waals surface area contributed by atoms with Gasteiger partial charge in [-0.3, -0.25) is 4.79 Å². The Kier molecular flexibility index (Phi) is 3.87. The smallest absolute Gasteiger partial charge is 0.317 e. The van der Waals surface area contributed by atoms with E-state index in [1.165, 1.54) is 0 Å². The number of para-hydroxylation sites is 1. The van der Waals surface area contributed by atoms with Crippen LogP contribution < -0.4 is 10.5 Å². The van der Waals surface area contributed by atoms with Crippen molar-refractivity contribution >= 4 is 11.7 Å². The number of esters is 1. The van der Waals surface area contributed by atoms with Crippen molar-refractivity contribution in [3.63, 3.8) is 0 Å². The molecule has 0 unspecified atom stereocenters. The van der Waals surface area contributed by atoms with Gasteiger partial charge in [-0.1, -0.05) is 18.2 Å². The number of hydrogen-bond donors (Lipinski definition) is 1. The number of nitrogens with two attached hydrogens (primary N) is 1. The molecule has 0 aliphatic heterocycles. The number of carbonyl (C=O) groups is 1. The highest BCUT2D eigenvalue weighted by atomic mass is 16.5. The fourth-order valence-electron chi connectivity index (χ4n) is 2.03. The number of benzene rings is 2. The summed E-state index contributed by atoms with van der Waals surface area (Å²) in [5.41, 5.74) is 7.81. The molecule has 3 aromatic rings. The fraction of sp³-hybridized carbons (Fsp3) is 0.0588. The van der Waals surface area contributed by atoms with Crippen molar-refractivity contribution in [2.75, 3.05) is 5.73 Å². The summed E-state index contributed by atoms with van der Waals surface area (Å²) in [7, 11) is 0. The Bertz CT molecular complexity index is 764. The van der Waals surface area contributed by atoms with E-state index in [0.717, 1.165) is 5.69 Å². The van der Waals surface area contributed by atoms with E-state index < -0.39 is 0 Å². The molecular weight excluding hydrogens is 278 g/mol. The number of rotatable bonds is 4. The first-order valence-electron chi connectivity index (χ1n) is 6.87. The molecule has 2 aromatic carbocycles. The van der Waals surface area contributed by atoms with Gasteiger partial charge in [-0.15, -0.1) is 0 Å². The Morgan fingerprint density at radius 2 is 1.77 bits per heavy atom. The number of aromatic nitrogens is 2. The molecule has 0 amide bonds. The zero-order valence-electron chi connectivity index (χ0n) is 11.8. The zero-order valence-corrected chi connectivity index (χ0v) is 11.8. The van der Waals surface area contributed by atoms with Crippen LogP contribution in [0.1, 0.15) is 5.69 Å². The Hall–Kier alpha value is -3.08. The second kappa shape index (κ2) is 6.13. The predicted octanol–water partition coefficient (Wildman–Crippen LogP) is 2.60. The van der Waals surface area contributed by atoms with E-state index in [1.807, 2.05) is 36.5 Å². The summed E-state index contributed by atoms with van der Waals surface area (Å²) in [6, 6.07) is 18.2. The zero-order chi connectivity index (χ0) is 15.4. The second-order valence-electron chi connectivity index (χ2n) is 4.81. The van der Waals surface area contributed by atoms with E-state index in [-0.39, 0.29) is 12.4 Å². The van der Waals surface area contributed by atoms with Crippen molar-refractivity contribution in [2.45, 2.75) is 6.42 Å². The highest BCUT2D eigenvalue weighted by Gasteiger charge is 2.09. The first kappa shape index (κ1) is 13.9. The van der Waals surface area contributed by atoms with Crippen LogP contribution in [0.3, 0.4) is 0 Å². The van der Waals surface area contributed by atoms with Crippen LogP contribution in [0.4, 0.5) is 5.69 Å². The molecule has 0 saturated heterocycles. The Labute approximate surface area is 127 Å². The highest BCUT2D eigenvalue weighted by Crippen LogP contribution is 2.14. The molecule has 0 spiro atoms. The van der Waals surface area contributed by atoms with Crippen LogP contribution in [0, 0.1) is 0 Å². The van der Waals surface area contributed by atoms with Gasteiger partial charge in [0.2, 0.25) is 0 Å². The maximum absolute atomic E-state index is 11.9. The van der Waals surface area contributed by atoms with Crippen molar-refractivity contribution in [2.24, 2.45) is 0 Å². The third-order valence-electron chi connectivity index (χ3n) is 3.10. The van der Waals surface area contributed by atoms with Crippen molar-refractivity contribution in [3.05, 3.63) is 72.6 Å². The summed E-state index contributed by atoms with van der Waals surface area (Å²) in [6.07, 6.45) is 1.94. The molecule has 0 aliphatic rings. The number of hydrogen-bond acceptors (Lipinski definition) is 4. The van der Waals surface area contributed by atoms with Crippen LogP contribution in [-0.2, 0) is 11.2 Å². The monoisotopic (exact) mass is 293 g/mol. The van der Waals surface area contributed by atoms with Gasteiger partial charge in [0.25, 0.3) is 0 Å². The molecule has 1 aromatic heterocycles. The first-order chi connectivity index (χ1) is 10.7. The molecule has 0 bridgehead atoms. The minimum Gasteiger partial charge on any atom is -0.426 e. The van der Waals surface area contributed by atoms with Crippen LogP contribution in [0.2, 0.25) is 0 Å². The molecule has 1 heterocycles. The fourth-order valence-corrected chi connectivity index (χ4v) is 2.03. The van der Waals surface area contributed by atoms with Crippen LogP contribution in [-0.4, -0.2) is 15.7 Å². The van der Waals surface area contributed by atoms with Crippen LogP contribution in [0.25, 0.3) is 5.69 Å². The highest BCUT2D eigenvalue weighted by molar-refractivity contribution is 5.74. The summed E-state index contributed by atoms with van der Waals surface area (Å²) >= 11 is 0. The minimum atomic E-state index is -0.358. The minimum absolute atomic E-state index is 0.115. The normalized spacial score (nSPS) is 10.4. The van der Waals surface area contributed by atoms with Gasteiger partial charge in [0.1, 0.15) is 5.75 Å².